The number of carbonyl (C=O) groups is 2. The molecular formula is C12H16N2O3. The third-order valence-electron chi connectivity index (χ3n) is 2.23. The third-order valence-corrected chi connectivity index (χ3v) is 2.23. The first-order valence-corrected chi connectivity index (χ1v) is 5.23. The molecule has 5 heteroatoms. The topological polar surface area (TPSA) is 58.6 Å². The number of hydrogen-bond acceptors (Lipinski definition) is 3. The average molecular weight is 236 g/mol. The van der Waals surface area contributed by atoms with Crippen LogP contribution in [0.5, 0.6) is 0 Å². The minimum atomic E-state index is -0.442. The number of nitrogens with zero attached hydrogens (tertiary/aromatic N) is 1. The lowest BCUT2D eigenvalue weighted by atomic mass is 10.2. The molecule has 17 heavy (non-hydrogen) atoms. The number of hydrogen-bond donors (Lipinski definition) is 1. The molecule has 0 unspecified atom stereocenters. The number of methoxy groups -OCH3 is 1. The largest absolute Gasteiger partial charge is 0.468 e. The van der Waals surface area contributed by atoms with Crippen LogP contribution in [0.1, 0.15) is 5.56 Å². The first kappa shape index (κ1) is 13.0. The summed E-state index contributed by atoms with van der Waals surface area (Å²) < 4.78 is 4.47. The molecule has 0 atom stereocenters. The summed E-state index contributed by atoms with van der Waals surface area (Å²) in [6, 6.07) is 9.24. The van der Waals surface area contributed by atoms with Gasteiger partial charge in [0.25, 0.3) is 0 Å². The number of ether oxygens (including phenoxy) is 1. The fourth-order valence-electron chi connectivity index (χ4n) is 1.24. The Morgan fingerprint density at radius 1 is 1.29 bits per heavy atom. The Bertz CT molecular complexity index is 379. The highest BCUT2D eigenvalue weighted by Gasteiger charge is 2.12. The number of esters is 1. The van der Waals surface area contributed by atoms with Gasteiger partial charge in [-0.15, -0.1) is 0 Å². The van der Waals surface area contributed by atoms with Crippen molar-refractivity contribution in [3.05, 3.63) is 35.9 Å². The van der Waals surface area contributed by atoms with Crippen LogP contribution in [0.25, 0.3) is 0 Å². The predicted octanol–water partition coefficient (Wildman–Crippen LogP) is 1.00. The molecule has 1 rings (SSSR count). The maximum atomic E-state index is 11.6. The van der Waals surface area contributed by atoms with Gasteiger partial charge in [0.05, 0.1) is 7.11 Å². The summed E-state index contributed by atoms with van der Waals surface area (Å²) in [6.07, 6.45) is 0. The molecule has 0 heterocycles. The van der Waals surface area contributed by atoms with E-state index in [1.165, 1.54) is 19.1 Å². The maximum Gasteiger partial charge on any atom is 0.325 e. The minimum absolute atomic E-state index is 0.0584. The molecule has 0 saturated carbocycles. The van der Waals surface area contributed by atoms with Gasteiger partial charge < -0.3 is 15.0 Å². The molecule has 0 radical (unpaired) electrons. The zero-order chi connectivity index (χ0) is 12.7. The molecule has 0 aliphatic rings. The van der Waals surface area contributed by atoms with Crippen LogP contribution < -0.4 is 5.32 Å². The minimum Gasteiger partial charge on any atom is -0.468 e. The van der Waals surface area contributed by atoms with Crippen LogP contribution in [-0.4, -0.2) is 37.6 Å². The summed E-state index contributed by atoms with van der Waals surface area (Å²) in [5, 5.41) is 2.71. The first-order valence-electron chi connectivity index (χ1n) is 5.23. The van der Waals surface area contributed by atoms with E-state index in [4.69, 9.17) is 0 Å². The van der Waals surface area contributed by atoms with E-state index < -0.39 is 5.97 Å². The molecule has 0 aromatic heterocycles. The van der Waals surface area contributed by atoms with Crippen molar-refractivity contribution < 1.29 is 14.3 Å². The van der Waals surface area contributed by atoms with Crippen molar-refractivity contribution in [2.45, 2.75) is 6.54 Å². The van der Waals surface area contributed by atoms with Gasteiger partial charge in [0.1, 0.15) is 6.54 Å². The van der Waals surface area contributed by atoms with Gasteiger partial charge in [-0.2, -0.15) is 0 Å². The van der Waals surface area contributed by atoms with Gasteiger partial charge in [-0.05, 0) is 5.56 Å². The van der Waals surface area contributed by atoms with E-state index in [9.17, 15) is 9.59 Å². The van der Waals surface area contributed by atoms with E-state index in [0.29, 0.717) is 6.54 Å². The Labute approximate surface area is 100 Å². The van der Waals surface area contributed by atoms with Crippen molar-refractivity contribution >= 4 is 12.0 Å². The molecule has 1 aromatic rings. The molecular weight excluding hydrogens is 220 g/mol. The second-order valence-electron chi connectivity index (χ2n) is 3.58. The van der Waals surface area contributed by atoms with E-state index >= 15 is 0 Å². The highest BCUT2D eigenvalue weighted by Crippen LogP contribution is 1.97. The number of urea groups is 1. The lowest BCUT2D eigenvalue weighted by Crippen LogP contribution is -2.40. The molecule has 1 aromatic carbocycles. The van der Waals surface area contributed by atoms with E-state index in [1.54, 1.807) is 0 Å². The van der Waals surface area contributed by atoms with Crippen LogP contribution in [0, 0.1) is 0 Å². The molecule has 2 amide bonds. The summed E-state index contributed by atoms with van der Waals surface area (Å²) in [7, 11) is 2.83. The van der Waals surface area contributed by atoms with Gasteiger partial charge in [-0.3, -0.25) is 4.79 Å². The van der Waals surface area contributed by atoms with Crippen molar-refractivity contribution in [2.24, 2.45) is 0 Å². The summed E-state index contributed by atoms with van der Waals surface area (Å²) in [5.41, 5.74) is 1.01. The first-order chi connectivity index (χ1) is 8.13. The van der Waals surface area contributed by atoms with Crippen LogP contribution in [0.4, 0.5) is 4.79 Å². The Kier molecular flexibility index (Phi) is 5.00. The van der Waals surface area contributed by atoms with Crippen LogP contribution >= 0.6 is 0 Å². The molecule has 0 aliphatic carbocycles. The predicted molar refractivity (Wildman–Crippen MR) is 63.3 cm³/mol. The summed E-state index contributed by atoms with van der Waals surface area (Å²) in [6.45, 7) is 0.377. The summed E-state index contributed by atoms with van der Waals surface area (Å²) in [5.74, 6) is -0.442. The molecule has 0 aliphatic heterocycles. The van der Waals surface area contributed by atoms with Crippen molar-refractivity contribution in [3.8, 4) is 0 Å². The zero-order valence-electron chi connectivity index (χ0n) is 9.97. The monoisotopic (exact) mass is 236 g/mol. The second-order valence-corrected chi connectivity index (χ2v) is 3.58. The molecule has 5 nitrogen and oxygen atoms in total. The number of amides is 2. The molecule has 0 spiro atoms. The van der Waals surface area contributed by atoms with E-state index in [0.717, 1.165) is 5.56 Å². The Hall–Kier alpha value is -2.04. The lowest BCUT2D eigenvalue weighted by molar-refractivity contribution is -0.140. The lowest BCUT2D eigenvalue weighted by Gasteiger charge is -2.16. The normalized spacial score (nSPS) is 9.53. The summed E-state index contributed by atoms with van der Waals surface area (Å²) >= 11 is 0. The van der Waals surface area contributed by atoms with Gasteiger partial charge in [0.2, 0.25) is 0 Å². The maximum absolute atomic E-state index is 11.6. The van der Waals surface area contributed by atoms with E-state index in [2.05, 4.69) is 10.1 Å². The van der Waals surface area contributed by atoms with E-state index in [-0.39, 0.29) is 12.6 Å². The number of likely N-dealkylation sites (N-methyl/N-ethyl adjacent to an activating group) is 1. The van der Waals surface area contributed by atoms with Crippen LogP contribution in [0.3, 0.4) is 0 Å². The highest BCUT2D eigenvalue weighted by atomic mass is 16.5. The second kappa shape index (κ2) is 6.52. The molecule has 92 valence electrons. The fourth-order valence-corrected chi connectivity index (χ4v) is 1.24. The quantitative estimate of drug-likeness (QED) is 0.793. The van der Waals surface area contributed by atoms with Gasteiger partial charge in [0.15, 0.2) is 0 Å². The van der Waals surface area contributed by atoms with Crippen LogP contribution in [0.15, 0.2) is 30.3 Å². The number of nitrogens with one attached hydrogen (secondary N) is 1. The van der Waals surface area contributed by atoms with Crippen molar-refractivity contribution in [3.63, 3.8) is 0 Å². The number of rotatable bonds is 4. The average Bonchev–Trinajstić information content (AvgIpc) is 2.36. The van der Waals surface area contributed by atoms with Gasteiger partial charge >= 0.3 is 12.0 Å². The van der Waals surface area contributed by atoms with Crippen molar-refractivity contribution in [1.29, 1.82) is 0 Å². The summed E-state index contributed by atoms with van der Waals surface area (Å²) in [4.78, 5) is 23.8. The van der Waals surface area contributed by atoms with Gasteiger partial charge in [-0.25, -0.2) is 4.79 Å². The Balaban J connectivity index is 2.37. The molecule has 0 bridgehead atoms. The number of benzene rings is 1. The number of carbonyl (C=O) groups excluding carboxylic acids is 2. The molecule has 0 saturated heterocycles. The van der Waals surface area contributed by atoms with Gasteiger partial charge in [0, 0.05) is 13.6 Å². The van der Waals surface area contributed by atoms with Crippen LogP contribution in [-0.2, 0) is 16.1 Å². The van der Waals surface area contributed by atoms with Crippen molar-refractivity contribution in [1.82, 2.24) is 10.2 Å². The van der Waals surface area contributed by atoms with Gasteiger partial charge in [-0.1, -0.05) is 30.3 Å². The van der Waals surface area contributed by atoms with Crippen molar-refractivity contribution in [2.75, 3.05) is 20.7 Å². The highest BCUT2D eigenvalue weighted by molar-refractivity contribution is 5.80. The Morgan fingerprint density at radius 2 is 1.94 bits per heavy atom. The smallest absolute Gasteiger partial charge is 0.325 e. The molecule has 1 N–H and O–H groups in total. The fraction of sp³-hybridized carbons (Fsp3) is 0.333. The molecule has 0 fully saturated rings. The zero-order valence-corrected chi connectivity index (χ0v) is 9.97. The third kappa shape index (κ3) is 4.55. The standard InChI is InChI=1S/C12H16N2O3/c1-14(9-11(15)17-2)12(16)13-8-10-6-4-3-5-7-10/h3-7H,8-9H2,1-2H3,(H,13,16). The van der Waals surface area contributed by atoms with E-state index in [1.807, 2.05) is 30.3 Å². The SMILES string of the molecule is COC(=O)CN(C)C(=O)NCc1ccccc1. The van der Waals surface area contributed by atoms with Crippen LogP contribution in [0.2, 0.25) is 0 Å². The Morgan fingerprint density at radius 3 is 2.53 bits per heavy atom.